The summed E-state index contributed by atoms with van der Waals surface area (Å²) in [4.78, 5) is 12.1. The van der Waals surface area contributed by atoms with Crippen LogP contribution in [0.25, 0.3) is 5.57 Å². The SMILES string of the molecule is COc1ccc(C2=C(C#N)C(=O)OC2c2ccc(OC)cc2)cc1. The molecule has 24 heavy (non-hydrogen) atoms. The number of carbonyl (C=O) groups excluding carboxylic acids is 1. The molecule has 120 valence electrons. The van der Waals surface area contributed by atoms with Gasteiger partial charge in [-0.1, -0.05) is 24.3 Å². The smallest absolute Gasteiger partial charge is 0.350 e. The van der Waals surface area contributed by atoms with E-state index in [4.69, 9.17) is 14.2 Å². The van der Waals surface area contributed by atoms with E-state index in [1.165, 1.54) is 0 Å². The summed E-state index contributed by atoms with van der Waals surface area (Å²) in [5.41, 5.74) is 2.12. The molecule has 0 fully saturated rings. The fraction of sp³-hybridized carbons (Fsp3) is 0.158. The number of benzene rings is 2. The van der Waals surface area contributed by atoms with Crippen LogP contribution in [0.2, 0.25) is 0 Å². The molecule has 0 aliphatic carbocycles. The van der Waals surface area contributed by atoms with Crippen molar-refractivity contribution in [1.29, 1.82) is 5.26 Å². The number of rotatable bonds is 4. The molecule has 5 heteroatoms. The van der Waals surface area contributed by atoms with Crippen LogP contribution in [0.3, 0.4) is 0 Å². The normalized spacial score (nSPS) is 16.5. The van der Waals surface area contributed by atoms with Gasteiger partial charge in [0.15, 0.2) is 6.10 Å². The van der Waals surface area contributed by atoms with Crippen molar-refractivity contribution in [1.82, 2.24) is 0 Å². The van der Waals surface area contributed by atoms with Crippen LogP contribution in [0.1, 0.15) is 17.2 Å². The van der Waals surface area contributed by atoms with E-state index < -0.39 is 12.1 Å². The number of cyclic esters (lactones) is 1. The van der Waals surface area contributed by atoms with Crippen molar-refractivity contribution in [3.05, 3.63) is 65.2 Å². The predicted octanol–water partition coefficient (Wildman–Crippen LogP) is 3.28. The second kappa shape index (κ2) is 6.47. The first-order valence-corrected chi connectivity index (χ1v) is 7.31. The number of hydrogen-bond donors (Lipinski definition) is 0. The molecule has 2 aromatic rings. The summed E-state index contributed by atoms with van der Waals surface area (Å²) >= 11 is 0. The third-order valence-corrected chi connectivity index (χ3v) is 3.89. The maximum Gasteiger partial charge on any atom is 0.350 e. The van der Waals surface area contributed by atoms with Gasteiger partial charge < -0.3 is 14.2 Å². The van der Waals surface area contributed by atoms with Crippen molar-refractivity contribution in [2.24, 2.45) is 0 Å². The molecule has 2 aromatic carbocycles. The highest BCUT2D eigenvalue weighted by molar-refractivity contribution is 6.06. The van der Waals surface area contributed by atoms with Gasteiger partial charge in [-0.3, -0.25) is 0 Å². The van der Waals surface area contributed by atoms with E-state index in [1.54, 1.807) is 38.5 Å². The van der Waals surface area contributed by atoms with Gasteiger partial charge in [0.05, 0.1) is 14.2 Å². The fourth-order valence-corrected chi connectivity index (χ4v) is 2.65. The number of carbonyl (C=O) groups is 1. The summed E-state index contributed by atoms with van der Waals surface area (Å²) in [6, 6.07) is 16.4. The molecule has 1 atom stereocenters. The molecule has 0 saturated carbocycles. The Labute approximate surface area is 139 Å². The third-order valence-electron chi connectivity index (χ3n) is 3.89. The van der Waals surface area contributed by atoms with E-state index >= 15 is 0 Å². The molecule has 1 heterocycles. The van der Waals surface area contributed by atoms with E-state index in [9.17, 15) is 10.1 Å². The lowest BCUT2D eigenvalue weighted by molar-refractivity contribution is -0.139. The van der Waals surface area contributed by atoms with Crippen LogP contribution >= 0.6 is 0 Å². The number of methoxy groups -OCH3 is 2. The maximum absolute atomic E-state index is 12.1. The number of ether oxygens (including phenoxy) is 3. The van der Waals surface area contributed by atoms with Crippen molar-refractivity contribution in [3.63, 3.8) is 0 Å². The molecule has 0 radical (unpaired) electrons. The lowest BCUT2D eigenvalue weighted by Crippen LogP contribution is -2.03. The molecule has 1 unspecified atom stereocenters. The van der Waals surface area contributed by atoms with Gasteiger partial charge in [-0.05, 0) is 35.4 Å². The third kappa shape index (κ3) is 2.70. The second-order valence-electron chi connectivity index (χ2n) is 5.19. The Morgan fingerprint density at radius 2 is 1.50 bits per heavy atom. The molecule has 0 spiro atoms. The number of esters is 1. The number of nitrogens with zero attached hydrogens (tertiary/aromatic N) is 1. The molecule has 0 saturated heterocycles. The Kier molecular flexibility index (Phi) is 4.21. The summed E-state index contributed by atoms with van der Waals surface area (Å²) in [5, 5.41) is 9.36. The van der Waals surface area contributed by atoms with Gasteiger partial charge in [-0.25, -0.2) is 4.79 Å². The van der Waals surface area contributed by atoms with E-state index in [1.807, 2.05) is 30.3 Å². The Hall–Kier alpha value is -3.26. The molecular formula is C19H15NO4. The first kappa shape index (κ1) is 15.6. The lowest BCUT2D eigenvalue weighted by atomic mass is 9.93. The van der Waals surface area contributed by atoms with Gasteiger partial charge >= 0.3 is 5.97 Å². The van der Waals surface area contributed by atoms with Gasteiger partial charge in [0.1, 0.15) is 23.1 Å². The first-order valence-electron chi connectivity index (χ1n) is 7.31. The zero-order valence-electron chi connectivity index (χ0n) is 13.3. The molecular weight excluding hydrogens is 306 g/mol. The predicted molar refractivity (Wildman–Crippen MR) is 87.4 cm³/mol. The minimum atomic E-state index is -0.619. The van der Waals surface area contributed by atoms with Gasteiger partial charge in [-0.2, -0.15) is 5.26 Å². The van der Waals surface area contributed by atoms with Crippen LogP contribution in [-0.2, 0) is 9.53 Å². The van der Waals surface area contributed by atoms with Gasteiger partial charge in [0.25, 0.3) is 0 Å². The van der Waals surface area contributed by atoms with Crippen molar-refractivity contribution < 1.29 is 19.0 Å². The van der Waals surface area contributed by atoms with Crippen LogP contribution in [0.15, 0.2) is 54.1 Å². The highest BCUT2D eigenvalue weighted by atomic mass is 16.5. The molecule has 0 bridgehead atoms. The molecule has 3 rings (SSSR count). The van der Waals surface area contributed by atoms with Gasteiger partial charge in [0.2, 0.25) is 0 Å². The lowest BCUT2D eigenvalue weighted by Gasteiger charge is -2.15. The minimum Gasteiger partial charge on any atom is -0.497 e. The number of nitriles is 1. The van der Waals surface area contributed by atoms with E-state index in [-0.39, 0.29) is 5.57 Å². The van der Waals surface area contributed by atoms with Gasteiger partial charge in [0, 0.05) is 5.57 Å². The van der Waals surface area contributed by atoms with Crippen molar-refractivity contribution >= 4 is 11.5 Å². The molecule has 5 nitrogen and oxygen atoms in total. The molecule has 0 amide bonds. The second-order valence-corrected chi connectivity index (χ2v) is 5.19. The Morgan fingerprint density at radius 3 is 2.00 bits per heavy atom. The summed E-state index contributed by atoms with van der Waals surface area (Å²) in [5.74, 6) is 0.798. The summed E-state index contributed by atoms with van der Waals surface area (Å²) in [6.45, 7) is 0. The van der Waals surface area contributed by atoms with E-state index in [2.05, 4.69) is 0 Å². The highest BCUT2D eigenvalue weighted by Gasteiger charge is 2.36. The van der Waals surface area contributed by atoms with E-state index in [0.717, 1.165) is 11.1 Å². The zero-order valence-corrected chi connectivity index (χ0v) is 13.3. The zero-order chi connectivity index (χ0) is 17.1. The molecule has 0 N–H and O–H groups in total. The summed E-state index contributed by atoms with van der Waals surface area (Å²) in [7, 11) is 3.17. The van der Waals surface area contributed by atoms with E-state index in [0.29, 0.717) is 17.1 Å². The molecule has 0 aromatic heterocycles. The van der Waals surface area contributed by atoms with Crippen LogP contribution in [0.5, 0.6) is 11.5 Å². The minimum absolute atomic E-state index is 0.0287. The molecule has 1 aliphatic heterocycles. The number of hydrogen-bond acceptors (Lipinski definition) is 5. The van der Waals surface area contributed by atoms with Crippen molar-refractivity contribution in [2.75, 3.05) is 14.2 Å². The first-order chi connectivity index (χ1) is 11.7. The Morgan fingerprint density at radius 1 is 0.958 bits per heavy atom. The molecule has 1 aliphatic rings. The quantitative estimate of drug-likeness (QED) is 0.808. The highest BCUT2D eigenvalue weighted by Crippen LogP contribution is 2.42. The monoisotopic (exact) mass is 321 g/mol. The topological polar surface area (TPSA) is 68.5 Å². The van der Waals surface area contributed by atoms with Crippen LogP contribution in [0.4, 0.5) is 0 Å². The maximum atomic E-state index is 12.1. The van der Waals surface area contributed by atoms with Crippen molar-refractivity contribution in [3.8, 4) is 17.6 Å². The van der Waals surface area contributed by atoms with Crippen LogP contribution < -0.4 is 9.47 Å². The Bertz CT molecular complexity index is 829. The Balaban J connectivity index is 2.06. The van der Waals surface area contributed by atoms with Crippen molar-refractivity contribution in [2.45, 2.75) is 6.10 Å². The van der Waals surface area contributed by atoms with Gasteiger partial charge in [-0.15, -0.1) is 0 Å². The largest absolute Gasteiger partial charge is 0.497 e. The summed E-state index contributed by atoms with van der Waals surface area (Å²) in [6.07, 6.45) is -0.619. The average Bonchev–Trinajstić information content (AvgIpc) is 2.98. The van der Waals surface area contributed by atoms with Crippen LogP contribution in [-0.4, -0.2) is 20.2 Å². The average molecular weight is 321 g/mol. The summed E-state index contributed by atoms with van der Waals surface area (Å²) < 4.78 is 15.7. The van der Waals surface area contributed by atoms with Crippen LogP contribution in [0, 0.1) is 11.3 Å². The standard InChI is InChI=1S/C19H15NO4/c1-22-14-7-3-12(4-8-14)17-16(11-20)19(21)24-18(17)13-5-9-15(23-2)10-6-13/h3-10,18H,1-2H3. The fourth-order valence-electron chi connectivity index (χ4n) is 2.65.